The molecule has 0 aliphatic carbocycles. The molecule has 1 N–H and O–H groups in total. The van der Waals surface area contributed by atoms with Crippen molar-refractivity contribution >= 4 is 21.6 Å². The highest BCUT2D eigenvalue weighted by atomic mass is 32.2. The summed E-state index contributed by atoms with van der Waals surface area (Å²) in [6, 6.07) is 18.5. The average Bonchev–Trinajstić information content (AvgIpc) is 2.86. The summed E-state index contributed by atoms with van der Waals surface area (Å²) in [7, 11) is -4.24. The molecular formula is C25H25FN2O5S. The fourth-order valence-corrected chi connectivity index (χ4v) is 5.16. The van der Waals surface area contributed by atoms with E-state index in [1.165, 1.54) is 36.4 Å². The highest BCUT2D eigenvalue weighted by Crippen LogP contribution is 2.34. The van der Waals surface area contributed by atoms with Crippen molar-refractivity contribution in [1.29, 1.82) is 0 Å². The highest BCUT2D eigenvalue weighted by molar-refractivity contribution is 7.92. The number of hydrogen-bond acceptors (Lipinski definition) is 5. The van der Waals surface area contributed by atoms with Gasteiger partial charge in [-0.3, -0.25) is 9.10 Å². The molecule has 1 unspecified atom stereocenters. The lowest BCUT2D eigenvalue weighted by Crippen LogP contribution is -2.42. The van der Waals surface area contributed by atoms with E-state index in [1.54, 1.807) is 0 Å². The molecule has 0 spiro atoms. The fraction of sp³-hybridized carbons (Fsp3) is 0.240. The molecule has 0 aromatic heterocycles. The Bertz CT molecular complexity index is 1270. The molecule has 7 nitrogen and oxygen atoms in total. The Labute approximate surface area is 198 Å². The monoisotopic (exact) mass is 484 g/mol. The maximum atomic E-state index is 14.0. The molecule has 0 bridgehead atoms. The van der Waals surface area contributed by atoms with Crippen LogP contribution in [0, 0.1) is 5.82 Å². The summed E-state index contributed by atoms with van der Waals surface area (Å²) in [6.07, 6.45) is 0.616. The van der Waals surface area contributed by atoms with Crippen LogP contribution in [-0.4, -0.2) is 34.1 Å². The van der Waals surface area contributed by atoms with E-state index in [0.29, 0.717) is 31.1 Å². The van der Waals surface area contributed by atoms with Crippen molar-refractivity contribution in [2.24, 2.45) is 0 Å². The van der Waals surface area contributed by atoms with Crippen molar-refractivity contribution in [1.82, 2.24) is 5.32 Å². The van der Waals surface area contributed by atoms with E-state index in [9.17, 15) is 17.6 Å². The Morgan fingerprint density at radius 3 is 2.44 bits per heavy atom. The summed E-state index contributed by atoms with van der Waals surface area (Å²) in [5, 5.41) is 2.89. The summed E-state index contributed by atoms with van der Waals surface area (Å²) in [4.78, 5) is 12.9. The first kappa shape index (κ1) is 23.6. The van der Waals surface area contributed by atoms with Gasteiger partial charge in [0.1, 0.15) is 25.6 Å². The van der Waals surface area contributed by atoms with Crippen LogP contribution in [0.2, 0.25) is 0 Å². The van der Waals surface area contributed by atoms with Crippen molar-refractivity contribution in [2.75, 3.05) is 24.1 Å². The Balaban J connectivity index is 1.65. The van der Waals surface area contributed by atoms with Gasteiger partial charge in [-0.25, -0.2) is 12.8 Å². The molecule has 0 fully saturated rings. The second-order valence-electron chi connectivity index (χ2n) is 7.74. The van der Waals surface area contributed by atoms with Crippen LogP contribution in [0.1, 0.15) is 24.9 Å². The number of rotatable bonds is 8. The molecule has 3 aromatic rings. The van der Waals surface area contributed by atoms with Crippen molar-refractivity contribution in [2.45, 2.75) is 24.3 Å². The number of halogens is 1. The number of ether oxygens (including phenoxy) is 2. The van der Waals surface area contributed by atoms with E-state index in [4.69, 9.17) is 9.47 Å². The molecule has 0 saturated carbocycles. The third-order valence-electron chi connectivity index (χ3n) is 5.43. The van der Waals surface area contributed by atoms with Crippen LogP contribution in [0.4, 0.5) is 10.1 Å². The van der Waals surface area contributed by atoms with Crippen LogP contribution in [0.15, 0.2) is 77.7 Å². The summed E-state index contributed by atoms with van der Waals surface area (Å²) >= 11 is 0. The van der Waals surface area contributed by atoms with E-state index in [0.717, 1.165) is 15.9 Å². The van der Waals surface area contributed by atoms with E-state index in [-0.39, 0.29) is 16.6 Å². The number of hydrogen-bond donors (Lipinski definition) is 1. The van der Waals surface area contributed by atoms with Crippen LogP contribution in [0.5, 0.6) is 11.5 Å². The predicted octanol–water partition coefficient (Wildman–Crippen LogP) is 4.06. The van der Waals surface area contributed by atoms with Crippen molar-refractivity contribution in [3.05, 3.63) is 84.2 Å². The molecular weight excluding hydrogens is 459 g/mol. The zero-order valence-corrected chi connectivity index (χ0v) is 19.4. The molecule has 1 amide bonds. The van der Waals surface area contributed by atoms with Crippen LogP contribution in [-0.2, 0) is 14.8 Å². The summed E-state index contributed by atoms with van der Waals surface area (Å²) in [5.41, 5.74) is 0.947. The minimum absolute atomic E-state index is 0.0396. The van der Waals surface area contributed by atoms with Gasteiger partial charge in [0.2, 0.25) is 5.91 Å². The van der Waals surface area contributed by atoms with Gasteiger partial charge in [-0.2, -0.15) is 0 Å². The average molecular weight is 485 g/mol. The van der Waals surface area contributed by atoms with Gasteiger partial charge in [0.25, 0.3) is 10.0 Å². The van der Waals surface area contributed by atoms with Gasteiger partial charge in [0, 0.05) is 6.07 Å². The first-order chi connectivity index (χ1) is 16.4. The van der Waals surface area contributed by atoms with Crippen LogP contribution in [0.3, 0.4) is 0 Å². The van der Waals surface area contributed by atoms with Crippen LogP contribution >= 0.6 is 0 Å². The Morgan fingerprint density at radius 2 is 1.74 bits per heavy atom. The molecule has 1 heterocycles. The van der Waals surface area contributed by atoms with Crippen molar-refractivity contribution in [3.63, 3.8) is 0 Å². The summed E-state index contributed by atoms with van der Waals surface area (Å²) in [5.74, 6) is -0.392. The Kier molecular flexibility index (Phi) is 7.02. The van der Waals surface area contributed by atoms with Crippen LogP contribution < -0.4 is 19.1 Å². The third kappa shape index (κ3) is 5.14. The number of nitrogens with one attached hydrogen (secondary N) is 1. The minimum atomic E-state index is -4.24. The zero-order valence-electron chi connectivity index (χ0n) is 18.6. The maximum absolute atomic E-state index is 14.0. The van der Waals surface area contributed by atoms with Gasteiger partial charge in [0.15, 0.2) is 11.5 Å². The number of fused-ring (bicyclic) bond motifs is 1. The number of nitrogens with zero attached hydrogens (tertiary/aromatic N) is 1. The van der Waals surface area contributed by atoms with Gasteiger partial charge >= 0.3 is 0 Å². The quantitative estimate of drug-likeness (QED) is 0.521. The van der Waals surface area contributed by atoms with Crippen LogP contribution in [0.25, 0.3) is 0 Å². The van der Waals surface area contributed by atoms with E-state index < -0.39 is 28.3 Å². The second kappa shape index (κ2) is 10.1. The molecule has 4 rings (SSSR count). The summed E-state index contributed by atoms with van der Waals surface area (Å²) < 4.78 is 53.1. The highest BCUT2D eigenvalue weighted by Gasteiger charge is 2.29. The van der Waals surface area contributed by atoms with Gasteiger partial charge < -0.3 is 14.8 Å². The smallest absolute Gasteiger partial charge is 0.264 e. The zero-order chi connectivity index (χ0) is 24.1. The van der Waals surface area contributed by atoms with E-state index >= 15 is 0 Å². The van der Waals surface area contributed by atoms with Gasteiger partial charge in [-0.15, -0.1) is 0 Å². The second-order valence-corrected chi connectivity index (χ2v) is 9.60. The number of amides is 1. The molecule has 0 radical (unpaired) electrons. The fourth-order valence-electron chi connectivity index (χ4n) is 3.73. The minimum Gasteiger partial charge on any atom is -0.486 e. The number of sulfonamides is 1. The maximum Gasteiger partial charge on any atom is 0.264 e. The molecule has 1 aliphatic heterocycles. The first-order valence-corrected chi connectivity index (χ1v) is 12.3. The molecule has 3 aromatic carbocycles. The molecule has 1 atom stereocenters. The number of anilines is 1. The molecule has 34 heavy (non-hydrogen) atoms. The van der Waals surface area contributed by atoms with Crippen molar-refractivity contribution < 1.29 is 27.1 Å². The lowest BCUT2D eigenvalue weighted by Gasteiger charge is -2.26. The Morgan fingerprint density at radius 1 is 1.00 bits per heavy atom. The lowest BCUT2D eigenvalue weighted by molar-refractivity contribution is -0.120. The molecule has 9 heteroatoms. The topological polar surface area (TPSA) is 84.9 Å². The SMILES string of the molecule is CCC(NC(=O)CN(c1cccc(F)c1)S(=O)(=O)c1ccc2c(c1)OCCO2)c1ccccc1. The number of benzene rings is 3. The molecule has 178 valence electrons. The first-order valence-electron chi connectivity index (χ1n) is 10.9. The molecule has 1 aliphatic rings. The van der Waals surface area contributed by atoms with E-state index in [1.807, 2.05) is 37.3 Å². The number of carbonyl (C=O) groups is 1. The lowest BCUT2D eigenvalue weighted by atomic mass is 10.0. The van der Waals surface area contributed by atoms with Gasteiger partial charge in [-0.1, -0.05) is 43.3 Å². The standard InChI is InChI=1S/C25H25FN2O5S/c1-2-22(18-7-4-3-5-8-18)27-25(29)17-28(20-10-6-9-19(26)15-20)34(30,31)21-11-12-23-24(16-21)33-14-13-32-23/h3-12,15-16,22H,2,13-14,17H2,1H3,(H,27,29). The largest absolute Gasteiger partial charge is 0.486 e. The predicted molar refractivity (Wildman–Crippen MR) is 126 cm³/mol. The van der Waals surface area contributed by atoms with Gasteiger partial charge in [0.05, 0.1) is 16.6 Å². The van der Waals surface area contributed by atoms with Crippen molar-refractivity contribution in [3.8, 4) is 11.5 Å². The summed E-state index contributed by atoms with van der Waals surface area (Å²) in [6.45, 7) is 2.07. The van der Waals surface area contributed by atoms with Gasteiger partial charge in [-0.05, 0) is 42.3 Å². The van der Waals surface area contributed by atoms with E-state index in [2.05, 4.69) is 5.32 Å². The molecule has 0 saturated heterocycles. The third-order valence-corrected chi connectivity index (χ3v) is 7.20. The normalized spacial score (nSPS) is 13.7. The Hall–Kier alpha value is -3.59. The number of carbonyl (C=O) groups excluding carboxylic acids is 1.